The Morgan fingerprint density at radius 3 is 2.67 bits per heavy atom. The Bertz CT molecular complexity index is 403. The zero-order chi connectivity index (χ0) is 13.0. The Kier molecular flexibility index (Phi) is 4.31. The summed E-state index contributed by atoms with van der Waals surface area (Å²) in [6, 6.07) is 7.77. The van der Waals surface area contributed by atoms with Crippen LogP contribution in [0.2, 0.25) is 0 Å². The topological polar surface area (TPSA) is 47.6 Å². The molecule has 0 spiro atoms. The molecule has 1 unspecified atom stereocenters. The molecule has 98 valence electrons. The lowest BCUT2D eigenvalue weighted by Gasteiger charge is -2.32. The molecule has 2 atom stereocenters. The van der Waals surface area contributed by atoms with E-state index in [-0.39, 0.29) is 10.6 Å². The van der Waals surface area contributed by atoms with Crippen molar-refractivity contribution in [3.63, 3.8) is 0 Å². The standard InChI is InChI=1S/C14H20N2O2/c1-2-13-5-3-4-10-15(13)11-12-6-8-14(9-7-12)16(17)18/h6-9,13H,2-5,10-11H2,1H3/p+1/t13-/m1/s1. The van der Waals surface area contributed by atoms with Crippen molar-refractivity contribution in [3.05, 3.63) is 39.9 Å². The predicted octanol–water partition coefficient (Wildman–Crippen LogP) is 1.94. The van der Waals surface area contributed by atoms with Crippen LogP contribution in [0.15, 0.2) is 24.3 Å². The summed E-state index contributed by atoms with van der Waals surface area (Å²) in [7, 11) is 0. The van der Waals surface area contributed by atoms with Gasteiger partial charge in [-0.2, -0.15) is 0 Å². The maximum atomic E-state index is 10.6. The third kappa shape index (κ3) is 3.07. The van der Waals surface area contributed by atoms with Crippen LogP contribution < -0.4 is 4.90 Å². The van der Waals surface area contributed by atoms with Gasteiger partial charge in [0.1, 0.15) is 6.54 Å². The number of hydrogen-bond donors (Lipinski definition) is 1. The van der Waals surface area contributed by atoms with Crippen LogP contribution in [0.4, 0.5) is 5.69 Å². The van der Waals surface area contributed by atoms with Crippen molar-refractivity contribution >= 4 is 5.69 Å². The van der Waals surface area contributed by atoms with Gasteiger partial charge >= 0.3 is 0 Å². The summed E-state index contributed by atoms with van der Waals surface area (Å²) in [5.74, 6) is 0. The Morgan fingerprint density at radius 1 is 1.33 bits per heavy atom. The number of non-ortho nitro benzene ring substituents is 1. The maximum Gasteiger partial charge on any atom is 0.269 e. The Morgan fingerprint density at radius 2 is 2.06 bits per heavy atom. The lowest BCUT2D eigenvalue weighted by atomic mass is 9.99. The van der Waals surface area contributed by atoms with E-state index in [1.54, 1.807) is 17.0 Å². The molecular formula is C14H21N2O2+. The van der Waals surface area contributed by atoms with Crippen molar-refractivity contribution in [1.82, 2.24) is 0 Å². The van der Waals surface area contributed by atoms with E-state index in [9.17, 15) is 10.1 Å². The van der Waals surface area contributed by atoms with E-state index in [2.05, 4.69) is 6.92 Å². The summed E-state index contributed by atoms with van der Waals surface area (Å²) in [6.45, 7) is 4.48. The van der Waals surface area contributed by atoms with Gasteiger partial charge in [-0.3, -0.25) is 10.1 Å². The monoisotopic (exact) mass is 249 g/mol. The number of benzene rings is 1. The smallest absolute Gasteiger partial charge is 0.269 e. The van der Waals surface area contributed by atoms with Gasteiger partial charge in [0, 0.05) is 17.7 Å². The molecule has 1 saturated heterocycles. The molecule has 4 heteroatoms. The average Bonchev–Trinajstić information content (AvgIpc) is 2.40. The third-order valence-corrected chi connectivity index (χ3v) is 3.95. The molecule has 1 aromatic carbocycles. The molecule has 0 radical (unpaired) electrons. The summed E-state index contributed by atoms with van der Waals surface area (Å²) in [5.41, 5.74) is 1.38. The molecule has 0 aliphatic carbocycles. The van der Waals surface area contributed by atoms with E-state index in [1.807, 2.05) is 12.1 Å². The molecular weight excluding hydrogens is 228 g/mol. The SMILES string of the molecule is CC[C@@H]1CCCC[NH+]1Cc1ccc([N+](=O)[O-])cc1. The molecule has 1 aliphatic heterocycles. The molecule has 1 N–H and O–H groups in total. The molecule has 0 aromatic heterocycles. The van der Waals surface area contributed by atoms with Crippen molar-refractivity contribution in [2.24, 2.45) is 0 Å². The highest BCUT2D eigenvalue weighted by atomic mass is 16.6. The number of nitrogens with zero attached hydrogens (tertiary/aromatic N) is 1. The predicted molar refractivity (Wildman–Crippen MR) is 70.6 cm³/mol. The second kappa shape index (κ2) is 5.96. The quantitative estimate of drug-likeness (QED) is 0.655. The largest absolute Gasteiger partial charge is 0.329 e. The first kappa shape index (κ1) is 13.0. The number of quaternary nitrogens is 1. The second-order valence-corrected chi connectivity index (χ2v) is 5.11. The first-order valence-electron chi connectivity index (χ1n) is 6.78. The molecule has 0 bridgehead atoms. The highest BCUT2D eigenvalue weighted by molar-refractivity contribution is 5.32. The van der Waals surface area contributed by atoms with Gasteiger partial charge < -0.3 is 4.90 Å². The molecule has 1 fully saturated rings. The summed E-state index contributed by atoms with van der Waals surface area (Å²) in [4.78, 5) is 11.9. The van der Waals surface area contributed by atoms with Crippen LogP contribution in [0.3, 0.4) is 0 Å². The van der Waals surface area contributed by atoms with Gasteiger partial charge in [0.15, 0.2) is 0 Å². The third-order valence-electron chi connectivity index (χ3n) is 3.95. The van der Waals surface area contributed by atoms with Gasteiger partial charge in [-0.15, -0.1) is 0 Å². The zero-order valence-electron chi connectivity index (χ0n) is 10.9. The van der Waals surface area contributed by atoms with Crippen molar-refractivity contribution in [3.8, 4) is 0 Å². The van der Waals surface area contributed by atoms with E-state index in [1.165, 1.54) is 37.8 Å². The fourth-order valence-electron chi connectivity index (χ4n) is 2.87. The van der Waals surface area contributed by atoms with Crippen molar-refractivity contribution < 1.29 is 9.82 Å². The lowest BCUT2D eigenvalue weighted by molar-refractivity contribution is -0.944. The Labute approximate surface area is 108 Å². The number of nitro groups is 1. The van der Waals surface area contributed by atoms with Gasteiger partial charge in [0.25, 0.3) is 5.69 Å². The zero-order valence-corrected chi connectivity index (χ0v) is 10.9. The fourth-order valence-corrected chi connectivity index (χ4v) is 2.87. The maximum absolute atomic E-state index is 10.6. The van der Waals surface area contributed by atoms with Crippen LogP contribution >= 0.6 is 0 Å². The molecule has 1 aromatic rings. The van der Waals surface area contributed by atoms with Crippen molar-refractivity contribution in [1.29, 1.82) is 0 Å². The normalized spacial score (nSPS) is 23.8. The minimum atomic E-state index is -0.341. The van der Waals surface area contributed by atoms with Crippen molar-refractivity contribution in [2.75, 3.05) is 6.54 Å². The fraction of sp³-hybridized carbons (Fsp3) is 0.571. The average molecular weight is 249 g/mol. The number of rotatable bonds is 4. The minimum Gasteiger partial charge on any atom is -0.329 e. The van der Waals surface area contributed by atoms with Gasteiger partial charge in [0.2, 0.25) is 0 Å². The Balaban J connectivity index is 2.01. The number of hydrogen-bond acceptors (Lipinski definition) is 2. The molecule has 2 rings (SSSR count). The minimum absolute atomic E-state index is 0.180. The van der Waals surface area contributed by atoms with E-state index in [0.717, 1.165) is 12.6 Å². The first-order chi connectivity index (χ1) is 8.70. The van der Waals surface area contributed by atoms with Gasteiger partial charge in [-0.05, 0) is 37.8 Å². The number of nitro benzene ring substituents is 1. The van der Waals surface area contributed by atoms with E-state index in [4.69, 9.17) is 0 Å². The molecule has 18 heavy (non-hydrogen) atoms. The summed E-state index contributed by atoms with van der Waals surface area (Å²) < 4.78 is 0. The van der Waals surface area contributed by atoms with E-state index in [0.29, 0.717) is 0 Å². The van der Waals surface area contributed by atoms with Crippen LogP contribution in [-0.4, -0.2) is 17.5 Å². The van der Waals surface area contributed by atoms with Crippen LogP contribution in [-0.2, 0) is 6.54 Å². The summed E-state index contributed by atoms with van der Waals surface area (Å²) in [5, 5.41) is 10.6. The molecule has 0 saturated carbocycles. The van der Waals surface area contributed by atoms with E-state index < -0.39 is 0 Å². The molecule has 1 aliphatic rings. The van der Waals surface area contributed by atoms with Crippen LogP contribution in [0.25, 0.3) is 0 Å². The van der Waals surface area contributed by atoms with Crippen molar-refractivity contribution in [2.45, 2.75) is 45.2 Å². The molecule has 4 nitrogen and oxygen atoms in total. The van der Waals surface area contributed by atoms with Gasteiger partial charge in [-0.25, -0.2) is 0 Å². The number of piperidine rings is 1. The first-order valence-corrected chi connectivity index (χ1v) is 6.78. The van der Waals surface area contributed by atoms with Crippen LogP contribution in [0.1, 0.15) is 38.2 Å². The number of nitrogens with one attached hydrogen (secondary N) is 1. The van der Waals surface area contributed by atoms with Gasteiger partial charge in [-0.1, -0.05) is 6.92 Å². The highest BCUT2D eigenvalue weighted by Gasteiger charge is 2.24. The van der Waals surface area contributed by atoms with Gasteiger partial charge in [0.05, 0.1) is 17.5 Å². The second-order valence-electron chi connectivity index (χ2n) is 5.11. The number of likely N-dealkylation sites (tertiary alicyclic amines) is 1. The summed E-state index contributed by atoms with van der Waals surface area (Å²) in [6.07, 6.45) is 5.20. The van der Waals surface area contributed by atoms with E-state index >= 15 is 0 Å². The molecule has 1 heterocycles. The summed E-state index contributed by atoms with van der Waals surface area (Å²) >= 11 is 0. The lowest BCUT2D eigenvalue weighted by Crippen LogP contribution is -3.15. The molecule has 0 amide bonds. The Hall–Kier alpha value is -1.42. The highest BCUT2D eigenvalue weighted by Crippen LogP contribution is 2.12. The van der Waals surface area contributed by atoms with Crippen LogP contribution in [0, 0.1) is 10.1 Å². The van der Waals surface area contributed by atoms with Crippen LogP contribution in [0.5, 0.6) is 0 Å².